The minimum Gasteiger partial charge on any atom is -0.0985 e. The Morgan fingerprint density at radius 1 is 1.36 bits per heavy atom. The molecule has 0 radical (unpaired) electrons. The largest absolute Gasteiger partial charge is 0.0985 e. The quantitative estimate of drug-likeness (QED) is 0.614. The molecule has 0 aromatic heterocycles. The molecule has 14 heavy (non-hydrogen) atoms. The van der Waals surface area contributed by atoms with Gasteiger partial charge in [-0.2, -0.15) is 0 Å². The topological polar surface area (TPSA) is 0 Å². The monoisotopic (exact) mass is 186 g/mol. The molecule has 0 aliphatic heterocycles. The van der Waals surface area contributed by atoms with Crippen molar-refractivity contribution >= 4 is 5.57 Å². The lowest BCUT2D eigenvalue weighted by Crippen LogP contribution is -1.89. The average molecular weight is 186 g/mol. The summed E-state index contributed by atoms with van der Waals surface area (Å²) in [6.07, 6.45) is 3.99. The highest BCUT2D eigenvalue weighted by Crippen LogP contribution is 2.21. The molecule has 1 rings (SSSR count). The first-order chi connectivity index (χ1) is 6.69. The van der Waals surface area contributed by atoms with Gasteiger partial charge in [-0.1, -0.05) is 56.8 Å². The molecule has 0 bridgehead atoms. The summed E-state index contributed by atoms with van der Waals surface area (Å²) < 4.78 is 0. The van der Waals surface area contributed by atoms with Crippen LogP contribution < -0.4 is 0 Å². The van der Waals surface area contributed by atoms with E-state index in [1.54, 1.807) is 0 Å². The molecular formula is C14H18. The Kier molecular flexibility index (Phi) is 3.70. The predicted octanol–water partition coefficient (Wildman–Crippen LogP) is 4.40. The fourth-order valence-electron chi connectivity index (χ4n) is 1.48. The summed E-state index contributed by atoms with van der Waals surface area (Å²) >= 11 is 0. The molecule has 0 fully saturated rings. The number of hydrogen-bond acceptors (Lipinski definition) is 0. The van der Waals surface area contributed by atoms with Crippen LogP contribution in [-0.4, -0.2) is 0 Å². The zero-order valence-corrected chi connectivity index (χ0v) is 9.25. The van der Waals surface area contributed by atoms with Gasteiger partial charge in [0.2, 0.25) is 0 Å². The Bertz CT molecular complexity index is 343. The van der Waals surface area contributed by atoms with Crippen LogP contribution in [0.3, 0.4) is 0 Å². The van der Waals surface area contributed by atoms with Crippen molar-refractivity contribution in [1.82, 2.24) is 0 Å². The van der Waals surface area contributed by atoms with E-state index in [1.807, 2.05) is 13.0 Å². The highest BCUT2D eigenvalue weighted by Gasteiger charge is 2.01. The zero-order valence-electron chi connectivity index (χ0n) is 9.25. The van der Waals surface area contributed by atoms with Crippen molar-refractivity contribution in [1.29, 1.82) is 0 Å². The molecule has 0 heterocycles. The van der Waals surface area contributed by atoms with Crippen molar-refractivity contribution in [2.45, 2.75) is 26.7 Å². The zero-order chi connectivity index (χ0) is 10.6. The first-order valence-corrected chi connectivity index (χ1v) is 5.08. The van der Waals surface area contributed by atoms with Gasteiger partial charge in [0.1, 0.15) is 0 Å². The number of benzene rings is 1. The first kappa shape index (κ1) is 10.8. The normalized spacial score (nSPS) is 11.9. The highest BCUT2D eigenvalue weighted by molar-refractivity contribution is 5.73. The summed E-state index contributed by atoms with van der Waals surface area (Å²) in [6, 6.07) is 8.65. The molecule has 74 valence electrons. The first-order valence-electron chi connectivity index (χ1n) is 5.08. The molecular weight excluding hydrogens is 168 g/mol. The second-order valence-electron chi connectivity index (χ2n) is 3.73. The Labute approximate surface area is 87.0 Å². The molecule has 1 aromatic rings. The van der Waals surface area contributed by atoms with Crippen molar-refractivity contribution in [3.8, 4) is 0 Å². The Morgan fingerprint density at radius 2 is 2.07 bits per heavy atom. The van der Waals surface area contributed by atoms with Crippen LogP contribution in [0.15, 0.2) is 43.0 Å². The molecule has 0 nitrogen and oxygen atoms in total. The van der Waals surface area contributed by atoms with Crippen LogP contribution in [-0.2, 0) is 0 Å². The second-order valence-corrected chi connectivity index (χ2v) is 3.73. The van der Waals surface area contributed by atoms with E-state index in [1.165, 1.54) is 16.7 Å². The van der Waals surface area contributed by atoms with E-state index in [2.05, 4.69) is 50.8 Å². The van der Waals surface area contributed by atoms with E-state index < -0.39 is 0 Å². The number of allylic oxidation sites excluding steroid dienone is 3. The third kappa shape index (κ3) is 2.35. The van der Waals surface area contributed by atoms with Crippen LogP contribution in [0.2, 0.25) is 0 Å². The lowest BCUT2D eigenvalue weighted by atomic mass is 9.97. The molecule has 0 heteroatoms. The molecule has 0 N–H and O–H groups in total. The van der Waals surface area contributed by atoms with Crippen LogP contribution in [0.4, 0.5) is 0 Å². The van der Waals surface area contributed by atoms with Gasteiger partial charge < -0.3 is 0 Å². The van der Waals surface area contributed by atoms with Crippen LogP contribution in [0, 0.1) is 0 Å². The van der Waals surface area contributed by atoms with Crippen molar-refractivity contribution in [3.63, 3.8) is 0 Å². The molecule has 0 amide bonds. The number of rotatable bonds is 3. The fraction of sp³-hybridized carbons (Fsp3) is 0.286. The summed E-state index contributed by atoms with van der Waals surface area (Å²) in [7, 11) is 0. The molecule has 0 saturated carbocycles. The Balaban J connectivity index is 3.11. The Morgan fingerprint density at radius 3 is 2.57 bits per heavy atom. The summed E-state index contributed by atoms with van der Waals surface area (Å²) in [5, 5.41) is 0. The lowest BCUT2D eigenvalue weighted by molar-refractivity contribution is 0.866. The van der Waals surface area contributed by atoms with Crippen molar-refractivity contribution in [2.24, 2.45) is 0 Å². The molecule has 0 atom stereocenters. The van der Waals surface area contributed by atoms with Gasteiger partial charge in [-0.25, -0.2) is 0 Å². The minimum absolute atomic E-state index is 0.581. The minimum atomic E-state index is 0.581. The predicted molar refractivity (Wildman–Crippen MR) is 64.4 cm³/mol. The van der Waals surface area contributed by atoms with Crippen LogP contribution in [0.5, 0.6) is 0 Å². The van der Waals surface area contributed by atoms with Gasteiger partial charge in [0.25, 0.3) is 0 Å². The number of hydrogen-bond donors (Lipinski definition) is 0. The third-order valence-electron chi connectivity index (χ3n) is 2.42. The van der Waals surface area contributed by atoms with E-state index in [4.69, 9.17) is 0 Å². The van der Waals surface area contributed by atoms with E-state index >= 15 is 0 Å². The van der Waals surface area contributed by atoms with Crippen LogP contribution in [0.25, 0.3) is 5.57 Å². The van der Waals surface area contributed by atoms with E-state index in [9.17, 15) is 0 Å². The van der Waals surface area contributed by atoms with Crippen molar-refractivity contribution in [3.05, 3.63) is 54.1 Å². The van der Waals surface area contributed by atoms with Crippen molar-refractivity contribution < 1.29 is 0 Å². The lowest BCUT2D eigenvalue weighted by Gasteiger charge is -2.08. The van der Waals surface area contributed by atoms with Crippen LogP contribution in [0.1, 0.15) is 37.8 Å². The third-order valence-corrected chi connectivity index (χ3v) is 2.42. The van der Waals surface area contributed by atoms with Gasteiger partial charge in [-0.05, 0) is 29.5 Å². The van der Waals surface area contributed by atoms with Gasteiger partial charge >= 0.3 is 0 Å². The van der Waals surface area contributed by atoms with E-state index in [0.29, 0.717) is 5.92 Å². The molecule has 0 aliphatic rings. The van der Waals surface area contributed by atoms with Gasteiger partial charge in [0, 0.05) is 0 Å². The maximum Gasteiger partial charge on any atom is -0.0185 e. The SMILES string of the molecule is C=CC(=CC)c1cccc(C(C)C)c1. The van der Waals surface area contributed by atoms with Gasteiger partial charge in [0.05, 0.1) is 0 Å². The average Bonchev–Trinajstić information content (AvgIpc) is 2.20. The fourth-order valence-corrected chi connectivity index (χ4v) is 1.48. The molecule has 1 aromatic carbocycles. The van der Waals surface area contributed by atoms with Gasteiger partial charge in [-0.3, -0.25) is 0 Å². The van der Waals surface area contributed by atoms with Gasteiger partial charge in [-0.15, -0.1) is 0 Å². The standard InChI is InChI=1S/C14H18/c1-5-12(6-2)14-9-7-8-13(10-14)11(3)4/h5-11H,1H2,2-4H3. The van der Waals surface area contributed by atoms with E-state index in [0.717, 1.165) is 0 Å². The molecule has 0 spiro atoms. The van der Waals surface area contributed by atoms with E-state index in [-0.39, 0.29) is 0 Å². The highest BCUT2D eigenvalue weighted by atomic mass is 14.1. The second kappa shape index (κ2) is 4.80. The maximum atomic E-state index is 3.81. The smallest absolute Gasteiger partial charge is 0.0185 e. The summed E-state index contributed by atoms with van der Waals surface area (Å²) in [5.74, 6) is 0.581. The molecule has 0 unspecified atom stereocenters. The summed E-state index contributed by atoms with van der Waals surface area (Å²) in [4.78, 5) is 0. The summed E-state index contributed by atoms with van der Waals surface area (Å²) in [5.41, 5.74) is 3.84. The molecule has 0 aliphatic carbocycles. The van der Waals surface area contributed by atoms with Gasteiger partial charge in [0.15, 0.2) is 0 Å². The maximum absolute atomic E-state index is 3.81. The Hall–Kier alpha value is -1.30. The molecule has 0 saturated heterocycles. The van der Waals surface area contributed by atoms with Crippen molar-refractivity contribution in [2.75, 3.05) is 0 Å². The van der Waals surface area contributed by atoms with Crippen LogP contribution >= 0.6 is 0 Å². The summed E-state index contributed by atoms with van der Waals surface area (Å²) in [6.45, 7) is 10.3.